The summed E-state index contributed by atoms with van der Waals surface area (Å²) in [6, 6.07) is -0.736. The van der Waals surface area contributed by atoms with E-state index < -0.39 is 18.6 Å². The van der Waals surface area contributed by atoms with Gasteiger partial charge < -0.3 is 25.4 Å². The summed E-state index contributed by atoms with van der Waals surface area (Å²) in [7, 11) is 0. The molecule has 0 unspecified atom stereocenters. The fourth-order valence-corrected chi connectivity index (χ4v) is 4.08. The first-order valence-corrected chi connectivity index (χ1v) is 11.7. The number of alkyl halides is 2. The number of carbonyl (C=O) groups is 2. The Morgan fingerprint density at radius 1 is 1.34 bits per heavy atom. The van der Waals surface area contributed by atoms with Crippen molar-refractivity contribution >= 4 is 29.8 Å². The number of halogens is 2. The van der Waals surface area contributed by atoms with E-state index in [0.717, 1.165) is 12.8 Å². The minimum Gasteiger partial charge on any atom is -0.393 e. The molecule has 3 N–H and O–H groups in total. The van der Waals surface area contributed by atoms with Crippen LogP contribution in [-0.2, 0) is 9.53 Å². The number of rotatable bonds is 10. The van der Waals surface area contributed by atoms with Gasteiger partial charge in [-0.05, 0) is 51.0 Å². The zero-order valence-corrected chi connectivity index (χ0v) is 19.7. The molecule has 3 rings (SSSR count). The lowest BCUT2D eigenvalue weighted by molar-refractivity contribution is -0.130. The molecule has 2 aliphatic rings. The van der Waals surface area contributed by atoms with Crippen LogP contribution in [0.15, 0.2) is 23.8 Å². The predicted molar refractivity (Wildman–Crippen MR) is 126 cm³/mol. The van der Waals surface area contributed by atoms with Gasteiger partial charge in [0.15, 0.2) is 5.82 Å². The van der Waals surface area contributed by atoms with E-state index in [2.05, 4.69) is 36.9 Å². The Bertz CT molecular complexity index is 923. The summed E-state index contributed by atoms with van der Waals surface area (Å²) in [6.07, 6.45) is 7.55. The van der Waals surface area contributed by atoms with Crippen molar-refractivity contribution in [2.75, 3.05) is 25.0 Å². The quantitative estimate of drug-likeness (QED) is 0.336. The molecule has 2 atom stereocenters. The molecule has 2 fully saturated rings. The topological polar surface area (TPSA) is 129 Å². The highest BCUT2D eigenvalue weighted by molar-refractivity contribution is 5.98. The summed E-state index contributed by atoms with van der Waals surface area (Å²) >= 11 is 0. The second-order valence-corrected chi connectivity index (χ2v) is 8.86. The van der Waals surface area contributed by atoms with E-state index in [0.29, 0.717) is 32.4 Å². The Hall–Kier alpha value is -2.99. The maximum atomic E-state index is 13.0. The summed E-state index contributed by atoms with van der Waals surface area (Å²) in [5.74, 6) is -0.192. The number of aliphatic imine (C=N–C) groups is 1. The average Bonchev–Trinajstić information content (AvgIpc) is 3.30. The van der Waals surface area contributed by atoms with Crippen LogP contribution in [-0.4, -0.2) is 82.5 Å². The van der Waals surface area contributed by atoms with Crippen LogP contribution in [0.2, 0.25) is 0 Å². The molecule has 1 aliphatic heterocycles. The van der Waals surface area contributed by atoms with E-state index in [1.807, 2.05) is 0 Å². The Kier molecular flexibility index (Phi) is 9.61. The van der Waals surface area contributed by atoms with Gasteiger partial charge in [-0.3, -0.25) is 9.59 Å². The standard InChI is InChI=1S/C23H32F2N6O4/c1-3-19(33)31-9-8-16(12-31)29-21(34)18-11-27-23(28-14(2)13-35-22(24)25)30-20(18)26-10-15-4-6-17(32)7-5-15/h3,10-11,14-17,22,32H,1,4-9,12-13H2,2H3,(H,29,34)(H,27,28,30)/t14-,15?,16-,17?/m0/s1. The lowest BCUT2D eigenvalue weighted by Gasteiger charge is -2.22. The molecule has 2 heterocycles. The molecule has 1 saturated heterocycles. The lowest BCUT2D eigenvalue weighted by Crippen LogP contribution is -2.38. The van der Waals surface area contributed by atoms with Crippen molar-refractivity contribution in [1.82, 2.24) is 20.2 Å². The molecule has 0 spiro atoms. The first kappa shape index (κ1) is 26.6. The van der Waals surface area contributed by atoms with Crippen LogP contribution in [0.5, 0.6) is 0 Å². The largest absolute Gasteiger partial charge is 0.393 e. The van der Waals surface area contributed by atoms with Gasteiger partial charge in [-0.1, -0.05) is 6.58 Å². The second-order valence-electron chi connectivity index (χ2n) is 8.86. The number of nitrogens with zero attached hydrogens (tertiary/aromatic N) is 4. The van der Waals surface area contributed by atoms with Crippen LogP contribution in [0.4, 0.5) is 20.5 Å². The molecule has 2 amide bonds. The molecule has 0 radical (unpaired) electrons. The van der Waals surface area contributed by atoms with Gasteiger partial charge >= 0.3 is 6.61 Å². The van der Waals surface area contributed by atoms with Gasteiger partial charge in [-0.2, -0.15) is 13.8 Å². The lowest BCUT2D eigenvalue weighted by atomic mass is 9.88. The summed E-state index contributed by atoms with van der Waals surface area (Å²) in [4.78, 5) is 39.4. The molecule has 0 bridgehead atoms. The first-order chi connectivity index (χ1) is 16.7. The third kappa shape index (κ3) is 8.03. The van der Waals surface area contributed by atoms with Crippen LogP contribution in [0, 0.1) is 5.92 Å². The van der Waals surface area contributed by atoms with Crippen LogP contribution < -0.4 is 10.6 Å². The van der Waals surface area contributed by atoms with Crippen molar-refractivity contribution in [3.63, 3.8) is 0 Å². The number of ether oxygens (including phenoxy) is 1. The van der Waals surface area contributed by atoms with Crippen LogP contribution in [0.3, 0.4) is 0 Å². The SMILES string of the molecule is C=CC(=O)N1CC[C@H](NC(=O)c2cnc(N[C@@H](C)COC(F)F)nc2N=CC2CCC(O)CC2)C1. The molecule has 10 nitrogen and oxygen atoms in total. The van der Waals surface area contributed by atoms with Crippen molar-refractivity contribution in [3.05, 3.63) is 24.4 Å². The summed E-state index contributed by atoms with van der Waals surface area (Å²) in [5.41, 5.74) is 0.160. The number of hydrogen-bond acceptors (Lipinski definition) is 8. The Morgan fingerprint density at radius 3 is 2.77 bits per heavy atom. The van der Waals surface area contributed by atoms with Crippen molar-refractivity contribution in [3.8, 4) is 0 Å². The number of carbonyl (C=O) groups excluding carboxylic acids is 2. The third-order valence-electron chi connectivity index (χ3n) is 6.02. The Morgan fingerprint density at radius 2 is 2.09 bits per heavy atom. The van der Waals surface area contributed by atoms with E-state index in [4.69, 9.17) is 0 Å². The number of aliphatic hydroxyl groups excluding tert-OH is 1. The van der Waals surface area contributed by atoms with Crippen LogP contribution in [0.25, 0.3) is 0 Å². The smallest absolute Gasteiger partial charge is 0.345 e. The van der Waals surface area contributed by atoms with E-state index >= 15 is 0 Å². The second kappa shape index (κ2) is 12.6. The van der Waals surface area contributed by atoms with E-state index in [1.54, 1.807) is 18.0 Å². The van der Waals surface area contributed by atoms with Gasteiger partial charge in [0.25, 0.3) is 5.91 Å². The third-order valence-corrected chi connectivity index (χ3v) is 6.02. The number of aliphatic hydroxyl groups is 1. The number of nitrogens with one attached hydrogen (secondary N) is 2. The summed E-state index contributed by atoms with van der Waals surface area (Å²) in [6.45, 7) is 2.88. The molecular weight excluding hydrogens is 462 g/mol. The monoisotopic (exact) mass is 494 g/mol. The van der Waals surface area contributed by atoms with Gasteiger partial charge in [-0.25, -0.2) is 9.98 Å². The van der Waals surface area contributed by atoms with Crippen molar-refractivity contribution in [2.24, 2.45) is 10.9 Å². The van der Waals surface area contributed by atoms with E-state index in [1.165, 1.54) is 12.3 Å². The number of anilines is 1. The van der Waals surface area contributed by atoms with Crippen LogP contribution in [0.1, 0.15) is 49.4 Å². The van der Waals surface area contributed by atoms with Gasteiger partial charge in [0.1, 0.15) is 5.56 Å². The summed E-state index contributed by atoms with van der Waals surface area (Å²) < 4.78 is 28.9. The van der Waals surface area contributed by atoms with Crippen molar-refractivity contribution in [2.45, 2.75) is 63.8 Å². The highest BCUT2D eigenvalue weighted by Crippen LogP contribution is 2.25. The molecule has 1 aromatic rings. The highest BCUT2D eigenvalue weighted by Gasteiger charge is 2.27. The molecule has 1 aromatic heterocycles. The van der Waals surface area contributed by atoms with Gasteiger partial charge in [0.05, 0.1) is 12.7 Å². The molecule has 192 valence electrons. The number of hydrogen-bond donors (Lipinski definition) is 3. The number of likely N-dealkylation sites (tertiary alicyclic amines) is 1. The van der Waals surface area contributed by atoms with Gasteiger partial charge in [0, 0.05) is 37.6 Å². The molecule has 1 saturated carbocycles. The zero-order valence-electron chi connectivity index (χ0n) is 19.7. The molecule has 35 heavy (non-hydrogen) atoms. The van der Waals surface area contributed by atoms with Gasteiger partial charge in [0.2, 0.25) is 11.9 Å². The zero-order chi connectivity index (χ0) is 25.4. The van der Waals surface area contributed by atoms with E-state index in [9.17, 15) is 23.5 Å². The Balaban J connectivity index is 1.73. The Labute approximate surface area is 202 Å². The maximum Gasteiger partial charge on any atom is 0.345 e. The first-order valence-electron chi connectivity index (χ1n) is 11.7. The summed E-state index contributed by atoms with van der Waals surface area (Å²) in [5, 5.41) is 15.5. The average molecular weight is 495 g/mol. The van der Waals surface area contributed by atoms with Crippen LogP contribution >= 0.6 is 0 Å². The van der Waals surface area contributed by atoms with E-state index in [-0.39, 0.29) is 47.9 Å². The number of amides is 2. The molecular formula is C23H32F2N6O4. The predicted octanol–water partition coefficient (Wildman–Crippen LogP) is 2.29. The van der Waals surface area contributed by atoms with Crippen molar-refractivity contribution < 1.29 is 28.2 Å². The minimum atomic E-state index is -2.88. The normalized spacial score (nSPS) is 23.5. The fourth-order valence-electron chi connectivity index (χ4n) is 4.08. The minimum absolute atomic E-state index is 0.127. The fraction of sp³-hybridized carbons (Fsp3) is 0.609. The maximum absolute atomic E-state index is 13.0. The molecule has 0 aromatic carbocycles. The van der Waals surface area contributed by atoms with Gasteiger partial charge in [-0.15, -0.1) is 0 Å². The highest BCUT2D eigenvalue weighted by atomic mass is 19.3. The molecule has 1 aliphatic carbocycles. The molecule has 12 heteroatoms. The number of aromatic nitrogens is 2. The van der Waals surface area contributed by atoms with Crippen molar-refractivity contribution in [1.29, 1.82) is 0 Å².